The number of hydrogen-bond acceptors (Lipinski definition) is 10. The summed E-state index contributed by atoms with van der Waals surface area (Å²) in [5.74, 6) is -0.307. The number of aliphatic hydroxyl groups is 2. The Balaban J connectivity index is 1.84. The van der Waals surface area contributed by atoms with Crippen LogP contribution in [0.4, 0.5) is 5.82 Å². The van der Waals surface area contributed by atoms with Crippen LogP contribution >= 0.6 is 0 Å². The molecule has 1 amide bonds. The van der Waals surface area contributed by atoms with E-state index in [1.54, 1.807) is 32.9 Å². The molecule has 3 N–H and O–H groups in total. The first-order valence-electron chi connectivity index (χ1n) is 11.4. The van der Waals surface area contributed by atoms with Crippen LogP contribution in [0.2, 0.25) is 0 Å². The zero-order chi connectivity index (χ0) is 25.8. The highest BCUT2D eigenvalue weighted by Crippen LogP contribution is 2.40. The number of aromatic nitrogens is 3. The highest BCUT2D eigenvalue weighted by atomic mass is 16.7. The van der Waals surface area contributed by atoms with E-state index in [1.165, 1.54) is 24.1 Å². The van der Waals surface area contributed by atoms with Crippen molar-refractivity contribution in [1.82, 2.24) is 14.6 Å². The molecule has 1 unspecified atom stereocenters. The molecule has 0 bridgehead atoms. The number of carbonyl (C=O) groups is 2. The summed E-state index contributed by atoms with van der Waals surface area (Å²) in [5.41, 5.74) is -1.38. The number of amides is 1. The molecule has 35 heavy (non-hydrogen) atoms. The first-order valence-corrected chi connectivity index (χ1v) is 11.4. The van der Waals surface area contributed by atoms with Gasteiger partial charge in [0.05, 0.1) is 17.7 Å². The Morgan fingerprint density at radius 2 is 2.09 bits per heavy atom. The Hall–Kier alpha value is -2.93. The lowest BCUT2D eigenvalue weighted by atomic mass is 9.92. The number of rotatable bonds is 9. The minimum atomic E-state index is -1.56. The van der Waals surface area contributed by atoms with Gasteiger partial charge in [0, 0.05) is 19.7 Å². The summed E-state index contributed by atoms with van der Waals surface area (Å²) in [6, 6.07) is 3.34. The third-order valence-corrected chi connectivity index (χ3v) is 5.57. The van der Waals surface area contributed by atoms with Gasteiger partial charge in [-0.25, -0.2) is 9.50 Å². The molecule has 0 saturated carbocycles. The predicted octanol–water partition coefficient (Wildman–Crippen LogP) is 1.05. The van der Waals surface area contributed by atoms with Crippen molar-refractivity contribution in [3.05, 3.63) is 24.2 Å². The second-order valence-corrected chi connectivity index (χ2v) is 9.37. The summed E-state index contributed by atoms with van der Waals surface area (Å²) >= 11 is 0. The van der Waals surface area contributed by atoms with Crippen molar-refractivity contribution in [2.24, 2.45) is 10.4 Å². The lowest BCUT2D eigenvalue weighted by Crippen LogP contribution is -2.43. The number of nitrogens with zero attached hydrogens (tertiary/aromatic N) is 4. The zero-order valence-electron chi connectivity index (χ0n) is 20.6. The average Bonchev–Trinajstić information content (AvgIpc) is 3.33. The van der Waals surface area contributed by atoms with E-state index in [0.29, 0.717) is 29.9 Å². The largest absolute Gasteiger partial charge is 0.438 e. The molecule has 3 rings (SSSR count). The maximum atomic E-state index is 12.1. The molecule has 192 valence electrons. The second-order valence-electron chi connectivity index (χ2n) is 9.37. The van der Waals surface area contributed by atoms with E-state index in [0.717, 1.165) is 0 Å². The van der Waals surface area contributed by atoms with Crippen LogP contribution in [0.25, 0.3) is 5.52 Å². The standard InChI is InChI=1S/C23H33N5O7/c1-6-7-17(29)27-20-14-8-9-16(28(14)26-12-25-20)23(11-24-5)19(31)18(30)15(35-23)10-33-13-34-21(32)22(2,3)4/h8-9,11-12,15,18-19,30-31H,6-7,10,13H2,1-5H3,(H,25,26,27,29)/t15?,18-,19-,23+/m1/s1. The molecule has 12 heteroatoms. The fourth-order valence-corrected chi connectivity index (χ4v) is 3.78. The Morgan fingerprint density at radius 3 is 2.74 bits per heavy atom. The molecular formula is C23H33N5O7. The van der Waals surface area contributed by atoms with Crippen LogP contribution in [0.1, 0.15) is 46.2 Å². The molecule has 2 aromatic heterocycles. The molecule has 12 nitrogen and oxygen atoms in total. The molecule has 1 aliphatic heterocycles. The van der Waals surface area contributed by atoms with Crippen LogP contribution in [-0.2, 0) is 29.4 Å². The number of anilines is 1. The lowest BCUT2D eigenvalue weighted by Gasteiger charge is -2.27. The van der Waals surface area contributed by atoms with E-state index in [4.69, 9.17) is 14.2 Å². The molecule has 0 aliphatic carbocycles. The van der Waals surface area contributed by atoms with Crippen LogP contribution in [-0.4, -0.2) is 81.7 Å². The van der Waals surface area contributed by atoms with Crippen molar-refractivity contribution in [1.29, 1.82) is 0 Å². The van der Waals surface area contributed by atoms with Gasteiger partial charge < -0.3 is 29.7 Å². The van der Waals surface area contributed by atoms with Gasteiger partial charge in [-0.15, -0.1) is 0 Å². The van der Waals surface area contributed by atoms with Gasteiger partial charge in [-0.2, -0.15) is 5.10 Å². The first-order chi connectivity index (χ1) is 16.5. The lowest BCUT2D eigenvalue weighted by molar-refractivity contribution is -0.170. The number of nitrogens with one attached hydrogen (secondary N) is 1. The van der Waals surface area contributed by atoms with E-state index in [1.807, 2.05) is 6.92 Å². The quantitative estimate of drug-likeness (QED) is 0.202. The predicted molar refractivity (Wildman–Crippen MR) is 126 cm³/mol. The van der Waals surface area contributed by atoms with Gasteiger partial charge in [0.15, 0.2) is 18.2 Å². The minimum Gasteiger partial charge on any atom is -0.438 e. The smallest absolute Gasteiger partial charge is 0.313 e. The number of ether oxygens (including phenoxy) is 3. The van der Waals surface area contributed by atoms with E-state index in [9.17, 15) is 19.8 Å². The van der Waals surface area contributed by atoms with Crippen LogP contribution < -0.4 is 5.32 Å². The monoisotopic (exact) mass is 491 g/mol. The molecule has 1 aliphatic rings. The summed E-state index contributed by atoms with van der Waals surface area (Å²) in [5, 5.41) is 28.8. The van der Waals surface area contributed by atoms with Crippen molar-refractivity contribution >= 4 is 29.4 Å². The molecule has 1 fully saturated rings. The molecule has 0 spiro atoms. The van der Waals surface area contributed by atoms with Crippen LogP contribution in [0.3, 0.4) is 0 Å². The van der Waals surface area contributed by atoms with Gasteiger partial charge in [-0.3, -0.25) is 14.6 Å². The summed E-state index contributed by atoms with van der Waals surface area (Å²) in [6.45, 7) is 6.60. The maximum Gasteiger partial charge on any atom is 0.313 e. The second kappa shape index (κ2) is 10.8. The van der Waals surface area contributed by atoms with Gasteiger partial charge in [0.25, 0.3) is 0 Å². The van der Waals surface area contributed by atoms with E-state index < -0.39 is 35.3 Å². The minimum absolute atomic E-state index is 0.147. The Morgan fingerprint density at radius 1 is 1.34 bits per heavy atom. The number of carbonyl (C=O) groups excluding carboxylic acids is 2. The first kappa shape index (κ1) is 26.7. The third-order valence-electron chi connectivity index (χ3n) is 5.57. The SMILES string of the molecule is CCCC(=O)Nc1ncnn2c([C@]3(C=NC)OC(COCOC(=O)C(C)(C)C)[C@@H](O)[C@H]3O)ccc12. The average molecular weight is 492 g/mol. The number of aliphatic imine (C=N–C) groups is 1. The molecule has 3 heterocycles. The topological polar surface area (TPSA) is 157 Å². The van der Waals surface area contributed by atoms with Crippen molar-refractivity contribution in [3.63, 3.8) is 0 Å². The normalized spacial score (nSPS) is 24.8. The summed E-state index contributed by atoms with van der Waals surface area (Å²) in [7, 11) is 1.52. The number of esters is 1. The van der Waals surface area contributed by atoms with E-state index in [-0.39, 0.29) is 19.3 Å². The molecule has 0 aromatic carbocycles. The highest BCUT2D eigenvalue weighted by Gasteiger charge is 2.56. The van der Waals surface area contributed by atoms with Gasteiger partial charge in [-0.05, 0) is 39.3 Å². The number of fused-ring (bicyclic) bond motifs is 1. The zero-order valence-corrected chi connectivity index (χ0v) is 20.6. The molecule has 2 aromatic rings. The number of aliphatic hydroxyl groups excluding tert-OH is 2. The van der Waals surface area contributed by atoms with Crippen molar-refractivity contribution in [2.75, 3.05) is 25.8 Å². The Bertz CT molecular complexity index is 1080. The van der Waals surface area contributed by atoms with Crippen LogP contribution in [0.15, 0.2) is 23.5 Å². The van der Waals surface area contributed by atoms with E-state index >= 15 is 0 Å². The number of hydrogen-bond donors (Lipinski definition) is 3. The van der Waals surface area contributed by atoms with Gasteiger partial charge in [0.2, 0.25) is 5.91 Å². The highest BCUT2D eigenvalue weighted by molar-refractivity contribution is 5.93. The summed E-state index contributed by atoms with van der Waals surface area (Å²) in [4.78, 5) is 32.2. The third kappa shape index (κ3) is 5.50. The van der Waals surface area contributed by atoms with Crippen molar-refractivity contribution in [3.8, 4) is 0 Å². The molecule has 0 radical (unpaired) electrons. The van der Waals surface area contributed by atoms with Crippen LogP contribution in [0, 0.1) is 5.41 Å². The van der Waals surface area contributed by atoms with Crippen molar-refractivity contribution in [2.45, 2.75) is 64.4 Å². The maximum absolute atomic E-state index is 12.1. The Labute approximate surface area is 203 Å². The van der Waals surface area contributed by atoms with E-state index in [2.05, 4.69) is 20.4 Å². The fourth-order valence-electron chi connectivity index (χ4n) is 3.78. The Kier molecular flexibility index (Phi) is 8.21. The summed E-state index contributed by atoms with van der Waals surface area (Å²) in [6.07, 6.45) is -0.00209. The fraction of sp³-hybridized carbons (Fsp3) is 0.609. The van der Waals surface area contributed by atoms with Crippen LogP contribution in [0.5, 0.6) is 0 Å². The van der Waals surface area contributed by atoms with Gasteiger partial charge in [-0.1, -0.05) is 6.92 Å². The molecular weight excluding hydrogens is 458 g/mol. The van der Waals surface area contributed by atoms with Gasteiger partial charge >= 0.3 is 5.97 Å². The van der Waals surface area contributed by atoms with Crippen molar-refractivity contribution < 1.29 is 34.0 Å². The molecule has 4 atom stereocenters. The van der Waals surface area contributed by atoms with Gasteiger partial charge in [0.1, 0.15) is 30.2 Å². The molecule has 1 saturated heterocycles. The summed E-state index contributed by atoms with van der Waals surface area (Å²) < 4.78 is 18.1.